The van der Waals surface area contributed by atoms with E-state index in [2.05, 4.69) is 20.5 Å². The van der Waals surface area contributed by atoms with E-state index in [0.29, 0.717) is 10.3 Å². The fraction of sp³-hybridized carbons (Fsp3) is 0.158. The van der Waals surface area contributed by atoms with E-state index in [1.54, 1.807) is 7.11 Å². The van der Waals surface area contributed by atoms with Crippen molar-refractivity contribution in [2.24, 2.45) is 0 Å². The topological polar surface area (TPSA) is 81.9 Å². The molecule has 0 aliphatic rings. The number of methoxy groups -OCH3 is 1. The highest BCUT2D eigenvalue weighted by molar-refractivity contribution is 7.99. The van der Waals surface area contributed by atoms with Gasteiger partial charge in [0.2, 0.25) is 5.91 Å². The summed E-state index contributed by atoms with van der Waals surface area (Å²) in [7, 11) is 1.63. The number of amides is 1. The van der Waals surface area contributed by atoms with E-state index in [9.17, 15) is 4.79 Å². The molecule has 0 fully saturated rings. The fourth-order valence-electron chi connectivity index (χ4n) is 2.68. The maximum Gasteiger partial charge on any atom is 0.236 e. The largest absolute Gasteiger partial charge is 0.497 e. The van der Waals surface area contributed by atoms with Crippen LogP contribution in [-0.2, 0) is 4.79 Å². The van der Waals surface area contributed by atoms with Crippen molar-refractivity contribution in [3.8, 4) is 11.4 Å². The number of nitrogens with zero attached hydrogens (tertiary/aromatic N) is 4. The van der Waals surface area contributed by atoms with Gasteiger partial charge in [-0.05, 0) is 43.3 Å². The van der Waals surface area contributed by atoms with Crippen LogP contribution in [0.5, 0.6) is 5.75 Å². The van der Waals surface area contributed by atoms with E-state index in [1.165, 1.54) is 23.1 Å². The zero-order valence-corrected chi connectivity index (χ0v) is 16.9. The van der Waals surface area contributed by atoms with Crippen LogP contribution < -0.4 is 10.1 Å². The number of hydrogen-bond donors (Lipinski definition) is 1. The number of thiazole rings is 1. The van der Waals surface area contributed by atoms with Gasteiger partial charge in [-0.1, -0.05) is 35.2 Å². The molecule has 1 amide bonds. The van der Waals surface area contributed by atoms with Crippen molar-refractivity contribution >= 4 is 44.4 Å². The van der Waals surface area contributed by atoms with Crippen molar-refractivity contribution < 1.29 is 9.53 Å². The summed E-state index contributed by atoms with van der Waals surface area (Å²) in [5, 5.41) is 12.5. The third-order valence-electron chi connectivity index (χ3n) is 4.00. The molecular weight excluding hydrogens is 394 g/mol. The van der Waals surface area contributed by atoms with Crippen molar-refractivity contribution in [2.45, 2.75) is 12.1 Å². The summed E-state index contributed by atoms with van der Waals surface area (Å²) in [6, 6.07) is 15.4. The molecule has 4 rings (SSSR count). The SMILES string of the molecule is COc1ccc(-n2c(C)nnc2SCC(=O)Nc2nc3ccccc3s2)cc1. The standard InChI is InChI=1S/C19H17N5O2S2/c1-12-22-23-19(24(12)13-7-9-14(26-2)10-8-13)27-11-17(25)21-18-20-15-5-3-4-6-16(15)28-18/h3-10H,11H2,1-2H3,(H,20,21,25). The molecule has 0 spiro atoms. The van der Waals surface area contributed by atoms with Gasteiger partial charge in [-0.15, -0.1) is 10.2 Å². The lowest BCUT2D eigenvalue weighted by atomic mass is 10.3. The lowest BCUT2D eigenvalue weighted by molar-refractivity contribution is -0.113. The van der Waals surface area contributed by atoms with Gasteiger partial charge in [0.25, 0.3) is 0 Å². The van der Waals surface area contributed by atoms with E-state index in [4.69, 9.17) is 4.74 Å². The van der Waals surface area contributed by atoms with Crippen LogP contribution >= 0.6 is 23.1 Å². The maximum atomic E-state index is 12.4. The molecule has 1 N–H and O–H groups in total. The third-order valence-corrected chi connectivity index (χ3v) is 5.88. The van der Waals surface area contributed by atoms with Crippen LogP contribution in [0.3, 0.4) is 0 Å². The van der Waals surface area contributed by atoms with Crippen molar-refractivity contribution in [1.29, 1.82) is 0 Å². The lowest BCUT2D eigenvalue weighted by Crippen LogP contribution is -2.14. The van der Waals surface area contributed by atoms with Gasteiger partial charge in [-0.3, -0.25) is 9.36 Å². The Morgan fingerprint density at radius 3 is 2.71 bits per heavy atom. The second-order valence-electron chi connectivity index (χ2n) is 5.89. The predicted molar refractivity (Wildman–Crippen MR) is 112 cm³/mol. The molecule has 9 heteroatoms. The Kier molecular flexibility index (Phi) is 5.27. The number of para-hydroxylation sites is 1. The van der Waals surface area contributed by atoms with Gasteiger partial charge in [0.1, 0.15) is 11.6 Å². The zero-order chi connectivity index (χ0) is 19.5. The summed E-state index contributed by atoms with van der Waals surface area (Å²) < 4.78 is 8.15. The smallest absolute Gasteiger partial charge is 0.236 e. The van der Waals surface area contributed by atoms with E-state index in [-0.39, 0.29) is 11.7 Å². The average molecular weight is 412 g/mol. The zero-order valence-electron chi connectivity index (χ0n) is 15.2. The Labute approximate surface area is 169 Å². The van der Waals surface area contributed by atoms with Gasteiger partial charge in [0.05, 0.1) is 23.1 Å². The quantitative estimate of drug-likeness (QED) is 0.484. The number of fused-ring (bicyclic) bond motifs is 1. The molecule has 0 radical (unpaired) electrons. The number of hydrogen-bond acceptors (Lipinski definition) is 7. The highest BCUT2D eigenvalue weighted by Crippen LogP contribution is 2.26. The first kappa shape index (κ1) is 18.5. The van der Waals surface area contributed by atoms with Crippen LogP contribution in [0.4, 0.5) is 5.13 Å². The second-order valence-corrected chi connectivity index (χ2v) is 7.86. The number of nitrogens with one attached hydrogen (secondary N) is 1. The molecule has 0 saturated carbocycles. The van der Waals surface area contributed by atoms with Crippen molar-refractivity contribution in [2.75, 3.05) is 18.2 Å². The number of aryl methyl sites for hydroxylation is 1. The van der Waals surface area contributed by atoms with Crippen LogP contribution in [0.1, 0.15) is 5.82 Å². The lowest BCUT2D eigenvalue weighted by Gasteiger charge is -2.09. The van der Waals surface area contributed by atoms with Crippen molar-refractivity contribution in [1.82, 2.24) is 19.7 Å². The molecule has 0 saturated heterocycles. The number of rotatable bonds is 6. The van der Waals surface area contributed by atoms with Crippen molar-refractivity contribution in [3.05, 3.63) is 54.4 Å². The predicted octanol–water partition coefficient (Wildman–Crippen LogP) is 3.92. The minimum absolute atomic E-state index is 0.133. The number of carbonyl (C=O) groups is 1. The summed E-state index contributed by atoms with van der Waals surface area (Å²) >= 11 is 2.79. The highest BCUT2D eigenvalue weighted by atomic mass is 32.2. The fourth-order valence-corrected chi connectivity index (χ4v) is 4.36. The van der Waals surface area contributed by atoms with Crippen LogP contribution in [0.25, 0.3) is 15.9 Å². The Hall–Kier alpha value is -2.91. The van der Waals surface area contributed by atoms with E-state index < -0.39 is 0 Å². The van der Waals surface area contributed by atoms with Crippen LogP contribution in [0.2, 0.25) is 0 Å². The first-order valence-corrected chi connectivity index (χ1v) is 10.3. The number of ether oxygens (including phenoxy) is 1. The van der Waals surface area contributed by atoms with Crippen LogP contribution in [-0.4, -0.2) is 38.5 Å². The molecule has 4 aromatic rings. The van der Waals surface area contributed by atoms with Gasteiger partial charge in [0.15, 0.2) is 10.3 Å². The Bertz CT molecular complexity index is 1090. The molecule has 28 heavy (non-hydrogen) atoms. The number of aromatic nitrogens is 4. The molecule has 2 heterocycles. The molecule has 7 nitrogen and oxygen atoms in total. The van der Waals surface area contributed by atoms with Gasteiger partial charge in [-0.2, -0.15) is 0 Å². The van der Waals surface area contributed by atoms with Gasteiger partial charge in [-0.25, -0.2) is 4.98 Å². The van der Waals surface area contributed by atoms with Gasteiger partial charge < -0.3 is 10.1 Å². The van der Waals surface area contributed by atoms with Crippen molar-refractivity contribution in [3.63, 3.8) is 0 Å². The minimum Gasteiger partial charge on any atom is -0.497 e. The van der Waals surface area contributed by atoms with Gasteiger partial charge >= 0.3 is 0 Å². The number of carbonyl (C=O) groups excluding carboxylic acids is 1. The molecule has 2 aromatic heterocycles. The molecule has 0 bridgehead atoms. The summed E-state index contributed by atoms with van der Waals surface area (Å²) in [6.07, 6.45) is 0. The van der Waals surface area contributed by atoms with Crippen LogP contribution in [0.15, 0.2) is 53.7 Å². The van der Waals surface area contributed by atoms with E-state index in [0.717, 1.165) is 27.5 Å². The molecule has 0 aliphatic heterocycles. The molecule has 0 aliphatic carbocycles. The molecule has 0 atom stereocenters. The Morgan fingerprint density at radius 2 is 1.96 bits per heavy atom. The summed E-state index contributed by atoms with van der Waals surface area (Å²) in [6.45, 7) is 1.88. The molecular formula is C19H17N5O2S2. The maximum absolute atomic E-state index is 12.4. The van der Waals surface area contributed by atoms with E-state index in [1.807, 2.05) is 60.0 Å². The summed E-state index contributed by atoms with van der Waals surface area (Å²) in [5.41, 5.74) is 1.79. The van der Waals surface area contributed by atoms with E-state index >= 15 is 0 Å². The average Bonchev–Trinajstić information content (AvgIpc) is 3.29. The number of thioether (sulfide) groups is 1. The third kappa shape index (κ3) is 3.85. The minimum atomic E-state index is -0.133. The molecule has 142 valence electrons. The summed E-state index contributed by atoms with van der Waals surface area (Å²) in [5.74, 6) is 1.61. The monoisotopic (exact) mass is 411 g/mol. The number of anilines is 1. The van der Waals surface area contributed by atoms with Gasteiger partial charge in [0, 0.05) is 5.69 Å². The molecule has 2 aromatic carbocycles. The summed E-state index contributed by atoms with van der Waals surface area (Å²) in [4.78, 5) is 16.8. The first-order valence-electron chi connectivity index (χ1n) is 8.49. The Balaban J connectivity index is 1.45. The number of benzene rings is 2. The second kappa shape index (κ2) is 7.99. The normalized spacial score (nSPS) is 10.9. The highest BCUT2D eigenvalue weighted by Gasteiger charge is 2.14. The first-order chi connectivity index (χ1) is 13.6. The Morgan fingerprint density at radius 1 is 1.18 bits per heavy atom. The molecule has 0 unspecified atom stereocenters. The van der Waals surface area contributed by atoms with Crippen LogP contribution in [0, 0.1) is 6.92 Å².